The molecule has 0 aromatic carbocycles. The Labute approximate surface area is 92.5 Å². The molecule has 2 aliphatic heterocycles. The van der Waals surface area contributed by atoms with Gasteiger partial charge in [-0.15, -0.1) is 0 Å². The van der Waals surface area contributed by atoms with Gasteiger partial charge in [-0.25, -0.2) is 0 Å². The number of ether oxygens (including phenoxy) is 2. The molecule has 2 unspecified atom stereocenters. The van der Waals surface area contributed by atoms with E-state index in [4.69, 9.17) is 9.47 Å². The Hall–Kier alpha value is -0.120. The molecule has 2 fully saturated rings. The van der Waals surface area contributed by atoms with Crippen molar-refractivity contribution in [2.45, 2.75) is 51.9 Å². The fourth-order valence-corrected chi connectivity index (χ4v) is 2.29. The van der Waals surface area contributed by atoms with E-state index in [1.807, 2.05) is 0 Å². The van der Waals surface area contributed by atoms with Gasteiger partial charge in [-0.1, -0.05) is 13.8 Å². The van der Waals surface area contributed by atoms with Gasteiger partial charge in [-0.3, -0.25) is 5.32 Å². The minimum Gasteiger partial charge on any atom is -0.381 e. The molecule has 0 aliphatic carbocycles. The molecule has 0 bridgehead atoms. The zero-order chi connectivity index (χ0) is 10.9. The third kappa shape index (κ3) is 2.35. The summed E-state index contributed by atoms with van der Waals surface area (Å²) in [6, 6.07) is 0. The van der Waals surface area contributed by atoms with Crippen LogP contribution in [0.3, 0.4) is 0 Å². The molecule has 2 atom stereocenters. The first-order valence-electron chi connectivity index (χ1n) is 6.05. The monoisotopic (exact) mass is 213 g/mol. The van der Waals surface area contributed by atoms with Gasteiger partial charge in [0.05, 0.1) is 12.7 Å². The molecule has 1 N–H and O–H groups in total. The van der Waals surface area contributed by atoms with Crippen molar-refractivity contribution in [3.05, 3.63) is 0 Å². The van der Waals surface area contributed by atoms with Gasteiger partial charge in [0.15, 0.2) is 0 Å². The lowest BCUT2D eigenvalue weighted by atomic mass is 9.83. The molecule has 3 heteroatoms. The molecular weight excluding hydrogens is 190 g/mol. The summed E-state index contributed by atoms with van der Waals surface area (Å²) in [5, 5.41) is 3.59. The summed E-state index contributed by atoms with van der Waals surface area (Å²) >= 11 is 0. The van der Waals surface area contributed by atoms with Crippen LogP contribution in [0.1, 0.15) is 40.0 Å². The lowest BCUT2D eigenvalue weighted by Crippen LogP contribution is -2.60. The highest BCUT2D eigenvalue weighted by molar-refractivity contribution is 4.92. The number of hydrogen-bond acceptors (Lipinski definition) is 3. The number of rotatable bonds is 0. The zero-order valence-corrected chi connectivity index (χ0v) is 10.1. The van der Waals surface area contributed by atoms with Gasteiger partial charge in [0.1, 0.15) is 5.72 Å². The topological polar surface area (TPSA) is 30.5 Å². The van der Waals surface area contributed by atoms with Gasteiger partial charge in [-0.2, -0.15) is 0 Å². The maximum atomic E-state index is 6.22. The van der Waals surface area contributed by atoms with Crippen LogP contribution >= 0.6 is 0 Å². The standard InChI is InChI=1S/C12H23NO2/c1-10-11(2,3)9-13-12(15-10)5-4-7-14-8-6-12/h10,13H,4-9H2,1-3H3. The fraction of sp³-hybridized carbons (Fsp3) is 1.00. The Morgan fingerprint density at radius 2 is 2.00 bits per heavy atom. The minimum atomic E-state index is -0.106. The van der Waals surface area contributed by atoms with Crippen molar-refractivity contribution in [1.29, 1.82) is 0 Å². The van der Waals surface area contributed by atoms with Crippen molar-refractivity contribution in [2.24, 2.45) is 5.41 Å². The summed E-state index contributed by atoms with van der Waals surface area (Å²) in [6.45, 7) is 9.43. The molecule has 2 heterocycles. The van der Waals surface area contributed by atoms with E-state index in [2.05, 4.69) is 26.1 Å². The van der Waals surface area contributed by atoms with Gasteiger partial charge in [0.25, 0.3) is 0 Å². The molecule has 1 spiro atoms. The molecule has 88 valence electrons. The van der Waals surface area contributed by atoms with Gasteiger partial charge in [0, 0.05) is 25.0 Å². The van der Waals surface area contributed by atoms with Crippen molar-refractivity contribution >= 4 is 0 Å². The Bertz CT molecular complexity index is 220. The molecule has 15 heavy (non-hydrogen) atoms. The van der Waals surface area contributed by atoms with Crippen LogP contribution in [-0.2, 0) is 9.47 Å². The minimum absolute atomic E-state index is 0.106. The fourth-order valence-electron chi connectivity index (χ4n) is 2.29. The van der Waals surface area contributed by atoms with Crippen molar-refractivity contribution < 1.29 is 9.47 Å². The van der Waals surface area contributed by atoms with Crippen LogP contribution < -0.4 is 5.32 Å². The van der Waals surface area contributed by atoms with E-state index < -0.39 is 0 Å². The summed E-state index contributed by atoms with van der Waals surface area (Å²) < 4.78 is 11.7. The Morgan fingerprint density at radius 3 is 2.73 bits per heavy atom. The molecule has 0 amide bonds. The Kier molecular flexibility index (Phi) is 3.06. The van der Waals surface area contributed by atoms with Crippen LogP contribution in [-0.4, -0.2) is 31.6 Å². The molecule has 2 saturated heterocycles. The third-order valence-corrected chi connectivity index (χ3v) is 3.89. The molecular formula is C12H23NO2. The van der Waals surface area contributed by atoms with E-state index in [1.165, 1.54) is 0 Å². The molecule has 2 rings (SSSR count). The van der Waals surface area contributed by atoms with E-state index >= 15 is 0 Å². The SMILES string of the molecule is CC1OC2(CCCOCC2)NCC1(C)C. The summed E-state index contributed by atoms with van der Waals surface area (Å²) in [5.74, 6) is 0. The largest absolute Gasteiger partial charge is 0.381 e. The summed E-state index contributed by atoms with van der Waals surface area (Å²) in [5.41, 5.74) is 0.129. The summed E-state index contributed by atoms with van der Waals surface area (Å²) in [7, 11) is 0. The third-order valence-electron chi connectivity index (χ3n) is 3.89. The van der Waals surface area contributed by atoms with Crippen molar-refractivity contribution in [3.8, 4) is 0 Å². The van der Waals surface area contributed by atoms with Gasteiger partial charge in [0.2, 0.25) is 0 Å². The lowest BCUT2D eigenvalue weighted by molar-refractivity contribution is -0.188. The van der Waals surface area contributed by atoms with Crippen LogP contribution in [0.25, 0.3) is 0 Å². The second kappa shape index (κ2) is 4.04. The van der Waals surface area contributed by atoms with Crippen LogP contribution in [0.15, 0.2) is 0 Å². The summed E-state index contributed by atoms with van der Waals surface area (Å²) in [6.07, 6.45) is 3.47. The summed E-state index contributed by atoms with van der Waals surface area (Å²) in [4.78, 5) is 0. The first kappa shape index (κ1) is 11.4. The van der Waals surface area contributed by atoms with E-state index in [0.717, 1.165) is 39.0 Å². The molecule has 0 aromatic rings. The molecule has 0 saturated carbocycles. The lowest BCUT2D eigenvalue weighted by Gasteiger charge is -2.48. The second-order valence-corrected chi connectivity index (χ2v) is 5.56. The molecule has 3 nitrogen and oxygen atoms in total. The maximum absolute atomic E-state index is 6.22. The second-order valence-electron chi connectivity index (χ2n) is 5.56. The van der Waals surface area contributed by atoms with E-state index in [1.54, 1.807) is 0 Å². The van der Waals surface area contributed by atoms with Crippen molar-refractivity contribution in [2.75, 3.05) is 19.8 Å². The number of hydrogen-bond donors (Lipinski definition) is 1. The average Bonchev–Trinajstić information content (AvgIpc) is 2.40. The number of nitrogens with one attached hydrogen (secondary N) is 1. The van der Waals surface area contributed by atoms with E-state index in [9.17, 15) is 0 Å². The molecule has 0 radical (unpaired) electrons. The molecule has 2 aliphatic rings. The van der Waals surface area contributed by atoms with Crippen LogP contribution in [0.5, 0.6) is 0 Å². The highest BCUT2D eigenvalue weighted by Crippen LogP contribution is 2.35. The highest BCUT2D eigenvalue weighted by atomic mass is 16.5. The predicted octanol–water partition coefficient (Wildman–Crippen LogP) is 1.92. The van der Waals surface area contributed by atoms with Crippen molar-refractivity contribution in [1.82, 2.24) is 5.32 Å². The molecule has 0 aromatic heterocycles. The first-order valence-corrected chi connectivity index (χ1v) is 6.05. The first-order chi connectivity index (χ1) is 7.04. The van der Waals surface area contributed by atoms with E-state index in [-0.39, 0.29) is 11.1 Å². The van der Waals surface area contributed by atoms with Crippen LogP contribution in [0.4, 0.5) is 0 Å². The van der Waals surface area contributed by atoms with Gasteiger partial charge < -0.3 is 9.47 Å². The van der Waals surface area contributed by atoms with Crippen LogP contribution in [0, 0.1) is 5.41 Å². The highest BCUT2D eigenvalue weighted by Gasteiger charge is 2.43. The van der Waals surface area contributed by atoms with Crippen LogP contribution in [0.2, 0.25) is 0 Å². The Balaban J connectivity index is 2.04. The Morgan fingerprint density at radius 1 is 1.20 bits per heavy atom. The van der Waals surface area contributed by atoms with Crippen molar-refractivity contribution in [3.63, 3.8) is 0 Å². The quantitative estimate of drug-likeness (QED) is 0.667. The predicted molar refractivity (Wildman–Crippen MR) is 59.7 cm³/mol. The van der Waals surface area contributed by atoms with Gasteiger partial charge >= 0.3 is 0 Å². The zero-order valence-electron chi connectivity index (χ0n) is 10.1. The van der Waals surface area contributed by atoms with E-state index in [0.29, 0.717) is 6.10 Å². The maximum Gasteiger partial charge on any atom is 0.121 e. The smallest absolute Gasteiger partial charge is 0.121 e. The average molecular weight is 213 g/mol. The van der Waals surface area contributed by atoms with Gasteiger partial charge in [-0.05, 0) is 19.8 Å². The normalized spacial score (nSPS) is 41.4.